The first kappa shape index (κ1) is 23.5. The average molecular weight is 492 g/mol. The molecule has 1 N–H and O–H groups in total. The van der Waals surface area contributed by atoms with Gasteiger partial charge in [0.1, 0.15) is 11.6 Å². The van der Waals surface area contributed by atoms with Gasteiger partial charge in [0, 0.05) is 26.9 Å². The molecule has 4 rings (SSSR count). The normalized spacial score (nSPS) is 20.6. The smallest absolute Gasteiger partial charge is 0.280 e. The Balaban J connectivity index is 1.56. The first-order valence-corrected chi connectivity index (χ1v) is 12.1. The van der Waals surface area contributed by atoms with Crippen LogP contribution >= 0.6 is 11.6 Å². The highest BCUT2D eigenvalue weighted by atomic mass is 35.5. The minimum absolute atomic E-state index is 0.0741. The molecular weight excluding hydrogens is 469 g/mol. The molecule has 0 amide bonds. The van der Waals surface area contributed by atoms with E-state index >= 15 is 0 Å². The molecule has 174 valence electrons. The highest BCUT2D eigenvalue weighted by Gasteiger charge is 2.42. The molecule has 1 aliphatic heterocycles. The predicted molar refractivity (Wildman–Crippen MR) is 121 cm³/mol. The van der Waals surface area contributed by atoms with Crippen molar-refractivity contribution >= 4 is 27.6 Å². The molecule has 3 aromatic rings. The second-order valence-corrected chi connectivity index (χ2v) is 10.2. The molecule has 2 aromatic carbocycles. The van der Waals surface area contributed by atoms with E-state index in [0.717, 1.165) is 9.87 Å². The van der Waals surface area contributed by atoms with Gasteiger partial charge in [-0.1, -0.05) is 48.0 Å². The zero-order chi connectivity index (χ0) is 23.8. The summed E-state index contributed by atoms with van der Waals surface area (Å²) in [6.07, 6.45) is 0.646. The summed E-state index contributed by atoms with van der Waals surface area (Å²) < 4.78 is 44.4. The molecule has 1 fully saturated rings. The van der Waals surface area contributed by atoms with Gasteiger partial charge in [0.05, 0.1) is 17.1 Å². The summed E-state index contributed by atoms with van der Waals surface area (Å²) in [6.45, 7) is 0. The Labute approximate surface area is 196 Å². The van der Waals surface area contributed by atoms with Crippen LogP contribution in [0.5, 0.6) is 0 Å². The van der Waals surface area contributed by atoms with Gasteiger partial charge < -0.3 is 4.57 Å². The molecule has 1 aromatic heterocycles. The molecule has 2 heterocycles. The van der Waals surface area contributed by atoms with Gasteiger partial charge in [-0.3, -0.25) is 4.79 Å². The van der Waals surface area contributed by atoms with E-state index in [1.807, 2.05) is 30.3 Å². The maximum atomic E-state index is 13.4. The van der Waals surface area contributed by atoms with Crippen LogP contribution < -0.4 is 4.72 Å². The zero-order valence-corrected chi connectivity index (χ0v) is 19.6. The molecule has 0 aliphatic carbocycles. The van der Waals surface area contributed by atoms with E-state index in [1.165, 1.54) is 25.2 Å². The zero-order valence-electron chi connectivity index (χ0n) is 18.1. The molecule has 8 nitrogen and oxygen atoms in total. The van der Waals surface area contributed by atoms with Crippen LogP contribution in [0.2, 0.25) is 5.02 Å². The Hall–Kier alpha value is -2.66. The van der Waals surface area contributed by atoms with Crippen LogP contribution in [0.1, 0.15) is 35.2 Å². The third-order valence-electron chi connectivity index (χ3n) is 5.82. The van der Waals surface area contributed by atoms with E-state index < -0.39 is 28.1 Å². The van der Waals surface area contributed by atoms with Crippen LogP contribution in [0, 0.1) is 5.82 Å². The quantitative estimate of drug-likeness (QED) is 0.571. The van der Waals surface area contributed by atoms with Crippen molar-refractivity contribution in [3.8, 4) is 0 Å². The Morgan fingerprint density at radius 1 is 1.15 bits per heavy atom. The average Bonchev–Trinajstić information content (AvgIpc) is 3.13. The molecule has 1 aliphatic rings. The molecular formula is C22H23ClFN5O3S. The van der Waals surface area contributed by atoms with Crippen LogP contribution in [0.3, 0.4) is 0 Å². The topological polar surface area (TPSA) is 97.2 Å². The van der Waals surface area contributed by atoms with Crippen molar-refractivity contribution in [2.45, 2.75) is 31.3 Å². The predicted octanol–water partition coefficient (Wildman–Crippen LogP) is 2.59. The van der Waals surface area contributed by atoms with E-state index in [9.17, 15) is 17.6 Å². The van der Waals surface area contributed by atoms with Gasteiger partial charge >= 0.3 is 0 Å². The second-order valence-electron chi connectivity index (χ2n) is 8.03. The van der Waals surface area contributed by atoms with Crippen LogP contribution in [0.25, 0.3) is 0 Å². The number of benzene rings is 2. The first-order chi connectivity index (χ1) is 15.7. The maximum Gasteiger partial charge on any atom is 0.280 e. The summed E-state index contributed by atoms with van der Waals surface area (Å²) in [5, 5.41) is 8.37. The summed E-state index contributed by atoms with van der Waals surface area (Å²) in [7, 11) is -0.798. The molecule has 2 unspecified atom stereocenters. The number of nitrogens with zero attached hydrogens (tertiary/aromatic N) is 4. The molecule has 0 spiro atoms. The highest BCUT2D eigenvalue weighted by Crippen LogP contribution is 2.28. The van der Waals surface area contributed by atoms with E-state index in [-0.39, 0.29) is 23.6 Å². The third kappa shape index (κ3) is 4.98. The van der Waals surface area contributed by atoms with E-state index in [2.05, 4.69) is 14.9 Å². The standard InChI is InChI=1S/C22H23ClFN5O3S/c1-28-21(12-14-6-4-3-5-7-14)25-26-22(28)18-13-19(29(2)33(31,32)27-18)20(30)11-15-8-9-17(24)16(23)10-15/h3-10,18-19,27H,11-13H2,1-2H3. The van der Waals surface area contributed by atoms with Gasteiger partial charge in [-0.2, -0.15) is 17.4 Å². The number of likely N-dealkylation sites (N-methyl/N-ethyl adjacent to an activating group) is 1. The second kappa shape index (κ2) is 9.30. The van der Waals surface area contributed by atoms with Crippen molar-refractivity contribution in [1.29, 1.82) is 0 Å². The number of carbonyl (C=O) groups excluding carboxylic acids is 1. The largest absolute Gasteiger partial charge is 0.316 e. The van der Waals surface area contributed by atoms with E-state index in [0.29, 0.717) is 23.6 Å². The monoisotopic (exact) mass is 491 g/mol. The highest BCUT2D eigenvalue weighted by molar-refractivity contribution is 7.87. The fourth-order valence-corrected chi connectivity index (χ4v) is 5.39. The fraction of sp³-hybridized carbons (Fsp3) is 0.318. The Bertz CT molecular complexity index is 1280. The Kier molecular flexibility index (Phi) is 6.62. The van der Waals surface area contributed by atoms with E-state index in [1.54, 1.807) is 11.6 Å². The van der Waals surface area contributed by atoms with Gasteiger partial charge in [-0.05, 0) is 29.7 Å². The van der Waals surface area contributed by atoms with Gasteiger partial charge in [-0.15, -0.1) is 10.2 Å². The molecule has 2 atom stereocenters. The lowest BCUT2D eigenvalue weighted by molar-refractivity contribution is -0.122. The Morgan fingerprint density at radius 3 is 2.58 bits per heavy atom. The molecule has 1 saturated heterocycles. The van der Waals surface area contributed by atoms with Crippen molar-refractivity contribution in [2.75, 3.05) is 7.05 Å². The lowest BCUT2D eigenvalue weighted by Gasteiger charge is -2.35. The number of aromatic nitrogens is 3. The minimum atomic E-state index is -3.93. The molecule has 0 saturated carbocycles. The van der Waals surface area contributed by atoms with Gasteiger partial charge in [0.2, 0.25) is 0 Å². The van der Waals surface area contributed by atoms with Gasteiger partial charge in [-0.25, -0.2) is 4.39 Å². The molecule has 33 heavy (non-hydrogen) atoms. The number of Topliss-reactive ketones (excluding diaryl/α,β-unsaturated/α-hetero) is 1. The number of carbonyl (C=O) groups is 1. The van der Waals surface area contributed by atoms with Gasteiger partial charge in [0.15, 0.2) is 11.6 Å². The number of hydrogen-bond donors (Lipinski definition) is 1. The lowest BCUT2D eigenvalue weighted by atomic mass is 9.98. The van der Waals surface area contributed by atoms with Gasteiger partial charge in [0.25, 0.3) is 10.2 Å². The van der Waals surface area contributed by atoms with Crippen molar-refractivity contribution in [2.24, 2.45) is 7.05 Å². The summed E-state index contributed by atoms with van der Waals surface area (Å²) >= 11 is 5.82. The third-order valence-corrected chi connectivity index (χ3v) is 7.70. The lowest BCUT2D eigenvalue weighted by Crippen LogP contribution is -2.55. The van der Waals surface area contributed by atoms with Crippen LogP contribution in [-0.4, -0.2) is 46.4 Å². The van der Waals surface area contributed by atoms with Crippen molar-refractivity contribution in [3.63, 3.8) is 0 Å². The molecule has 11 heteroatoms. The summed E-state index contributed by atoms with van der Waals surface area (Å²) in [6, 6.07) is 12.1. The number of ketones is 1. The SMILES string of the molecule is CN1C(C(=O)Cc2ccc(F)c(Cl)c2)CC(c2nnc(Cc3ccccc3)n2C)NS1(=O)=O. The number of halogens is 2. The summed E-state index contributed by atoms with van der Waals surface area (Å²) in [5.41, 5.74) is 1.56. The fourth-order valence-electron chi connectivity index (χ4n) is 3.92. The van der Waals surface area contributed by atoms with Crippen molar-refractivity contribution in [1.82, 2.24) is 23.8 Å². The minimum Gasteiger partial charge on any atom is -0.316 e. The van der Waals surface area contributed by atoms with Crippen molar-refractivity contribution < 1.29 is 17.6 Å². The molecule has 0 radical (unpaired) electrons. The summed E-state index contributed by atoms with van der Waals surface area (Å²) in [5.74, 6) is 0.211. The Morgan fingerprint density at radius 2 is 1.88 bits per heavy atom. The number of nitrogens with one attached hydrogen (secondary N) is 1. The first-order valence-electron chi connectivity index (χ1n) is 10.3. The molecule has 0 bridgehead atoms. The number of rotatable bonds is 6. The van der Waals surface area contributed by atoms with Crippen molar-refractivity contribution in [3.05, 3.63) is 82.1 Å². The van der Waals surface area contributed by atoms with Crippen LogP contribution in [0.15, 0.2) is 48.5 Å². The maximum absolute atomic E-state index is 13.4. The van der Waals surface area contributed by atoms with Crippen LogP contribution in [0.4, 0.5) is 4.39 Å². The van der Waals surface area contributed by atoms with Crippen LogP contribution in [-0.2, 0) is 34.9 Å². The summed E-state index contributed by atoms with van der Waals surface area (Å²) in [4.78, 5) is 13.1. The van der Waals surface area contributed by atoms with E-state index in [4.69, 9.17) is 11.6 Å². The number of hydrogen-bond acceptors (Lipinski definition) is 5.